The van der Waals surface area contributed by atoms with Gasteiger partial charge in [-0.3, -0.25) is 20.2 Å². The maximum atomic E-state index is 13.0. The fourth-order valence-electron chi connectivity index (χ4n) is 1.00. The maximum absolute atomic E-state index is 13.0. The summed E-state index contributed by atoms with van der Waals surface area (Å²) in [4.78, 5) is 17.9. The van der Waals surface area contributed by atoms with Crippen molar-refractivity contribution < 1.29 is 18.6 Å². The largest absolute Gasteiger partial charge is 0.511 e. The highest BCUT2D eigenvalue weighted by molar-refractivity contribution is 5.24. The van der Waals surface area contributed by atoms with Crippen molar-refractivity contribution in [3.63, 3.8) is 0 Å². The molecule has 76 valence electrons. The van der Waals surface area contributed by atoms with Gasteiger partial charge in [-0.15, -0.1) is 0 Å². The highest BCUT2D eigenvalue weighted by Gasteiger charge is 2.62. The van der Waals surface area contributed by atoms with Crippen molar-refractivity contribution in [3.05, 3.63) is 44.3 Å². The van der Waals surface area contributed by atoms with Crippen LogP contribution in [0.3, 0.4) is 0 Å². The van der Waals surface area contributed by atoms with Gasteiger partial charge in [-0.25, -0.2) is 8.78 Å². The summed E-state index contributed by atoms with van der Waals surface area (Å²) < 4.78 is 25.4. The normalized spacial score (nSPS) is 24.1. The predicted molar refractivity (Wildman–Crippen MR) is 39.9 cm³/mol. The number of alkyl halides is 1. The van der Waals surface area contributed by atoms with E-state index < -0.39 is 27.5 Å². The molecule has 1 aliphatic rings. The van der Waals surface area contributed by atoms with Crippen LogP contribution in [0, 0.1) is 20.2 Å². The summed E-state index contributed by atoms with van der Waals surface area (Å²) >= 11 is 0. The van der Waals surface area contributed by atoms with Gasteiger partial charge >= 0.3 is 5.66 Å². The Morgan fingerprint density at radius 1 is 1.36 bits per heavy atom. The molecule has 1 rings (SSSR count). The number of nitrogens with zero attached hydrogens (tertiary/aromatic N) is 2. The van der Waals surface area contributed by atoms with E-state index in [1.807, 2.05) is 0 Å². The number of nitro groups is 2. The quantitative estimate of drug-likeness (QED) is 0.383. The molecule has 0 amide bonds. The summed E-state index contributed by atoms with van der Waals surface area (Å²) in [5.41, 5.74) is -3.10. The molecule has 0 bridgehead atoms. The Morgan fingerprint density at radius 2 is 1.86 bits per heavy atom. The maximum Gasteiger partial charge on any atom is 0.511 e. The SMILES string of the molecule is O=[N+]([O-])C1([N+](=O)[O-])C=CC(F)=CC1F. The lowest BCUT2D eigenvalue weighted by molar-refractivity contribution is -0.786. The van der Waals surface area contributed by atoms with Gasteiger partial charge in [0.25, 0.3) is 6.17 Å². The molecule has 0 saturated heterocycles. The minimum atomic E-state index is -3.10. The standard InChI is InChI=1S/C6H4F2N2O4/c7-4-1-2-6(9(11)12,10(13)14)5(8)3-4/h1-3,5H. The Morgan fingerprint density at radius 3 is 2.21 bits per heavy atom. The van der Waals surface area contributed by atoms with Crippen molar-refractivity contribution in [2.45, 2.75) is 11.8 Å². The molecule has 0 aromatic carbocycles. The lowest BCUT2D eigenvalue weighted by atomic mass is 10.00. The number of rotatable bonds is 2. The lowest BCUT2D eigenvalue weighted by Crippen LogP contribution is -2.52. The van der Waals surface area contributed by atoms with Gasteiger partial charge in [-0.1, -0.05) is 0 Å². The lowest BCUT2D eigenvalue weighted by Gasteiger charge is -2.17. The summed E-state index contributed by atoms with van der Waals surface area (Å²) in [5.74, 6) is -1.07. The molecule has 0 radical (unpaired) electrons. The number of allylic oxidation sites excluding steroid dienone is 2. The molecule has 14 heavy (non-hydrogen) atoms. The molecule has 1 atom stereocenters. The molecule has 1 unspecified atom stereocenters. The van der Waals surface area contributed by atoms with E-state index in [4.69, 9.17) is 0 Å². The summed E-state index contributed by atoms with van der Waals surface area (Å²) in [6, 6.07) is 0. The second kappa shape index (κ2) is 3.13. The van der Waals surface area contributed by atoms with Crippen LogP contribution >= 0.6 is 0 Å². The minimum Gasteiger partial charge on any atom is -0.258 e. The molecule has 0 fully saturated rings. The average Bonchev–Trinajstić information content (AvgIpc) is 2.02. The first kappa shape index (κ1) is 10.2. The fraction of sp³-hybridized carbons (Fsp3) is 0.333. The van der Waals surface area contributed by atoms with E-state index in [0.29, 0.717) is 12.2 Å². The second-order valence-corrected chi connectivity index (χ2v) is 2.58. The molecular weight excluding hydrogens is 202 g/mol. The number of hydrogen-bond donors (Lipinski definition) is 0. The highest BCUT2D eigenvalue weighted by atomic mass is 19.1. The molecule has 0 N–H and O–H groups in total. The third-order valence-electron chi connectivity index (χ3n) is 1.78. The van der Waals surface area contributed by atoms with E-state index in [0.717, 1.165) is 0 Å². The van der Waals surface area contributed by atoms with Crippen LogP contribution < -0.4 is 0 Å². The summed E-state index contributed by atoms with van der Waals surface area (Å²) in [5, 5.41) is 20.7. The Balaban J connectivity index is 3.22. The van der Waals surface area contributed by atoms with Crippen molar-refractivity contribution in [2.75, 3.05) is 0 Å². The van der Waals surface area contributed by atoms with E-state index in [1.165, 1.54) is 0 Å². The van der Waals surface area contributed by atoms with Gasteiger partial charge in [0.15, 0.2) is 0 Å². The Hall–Kier alpha value is -1.86. The minimum absolute atomic E-state index is 0.200. The summed E-state index contributed by atoms with van der Waals surface area (Å²) in [6.07, 6.45) is -1.61. The van der Waals surface area contributed by atoms with Crippen LogP contribution in [0.4, 0.5) is 8.78 Å². The monoisotopic (exact) mass is 206 g/mol. The Bertz CT molecular complexity index is 338. The van der Waals surface area contributed by atoms with E-state index in [2.05, 4.69) is 0 Å². The Labute approximate surface area is 75.8 Å². The van der Waals surface area contributed by atoms with Crippen LogP contribution in [-0.4, -0.2) is 21.7 Å². The van der Waals surface area contributed by atoms with Gasteiger partial charge in [0.2, 0.25) is 0 Å². The van der Waals surface area contributed by atoms with Crippen molar-refractivity contribution in [2.24, 2.45) is 0 Å². The van der Waals surface area contributed by atoms with Gasteiger partial charge in [-0.2, -0.15) is 0 Å². The zero-order valence-electron chi connectivity index (χ0n) is 6.59. The fourth-order valence-corrected chi connectivity index (χ4v) is 1.00. The zero-order chi connectivity index (χ0) is 10.9. The van der Waals surface area contributed by atoms with Crippen molar-refractivity contribution in [1.82, 2.24) is 0 Å². The van der Waals surface area contributed by atoms with Gasteiger partial charge in [0.05, 0.1) is 6.08 Å². The Kier molecular flexibility index (Phi) is 2.28. The first-order valence-electron chi connectivity index (χ1n) is 3.41. The summed E-state index contributed by atoms with van der Waals surface area (Å²) in [7, 11) is 0. The molecular formula is C6H4F2N2O4. The van der Waals surface area contributed by atoms with E-state index in [-0.39, 0.29) is 6.08 Å². The second-order valence-electron chi connectivity index (χ2n) is 2.58. The summed E-state index contributed by atoms with van der Waals surface area (Å²) in [6.45, 7) is 0. The van der Waals surface area contributed by atoms with Crippen molar-refractivity contribution in [3.8, 4) is 0 Å². The third-order valence-corrected chi connectivity index (χ3v) is 1.78. The molecule has 0 aromatic rings. The van der Waals surface area contributed by atoms with Gasteiger partial charge < -0.3 is 0 Å². The average molecular weight is 206 g/mol. The number of hydrogen-bond acceptors (Lipinski definition) is 4. The molecule has 8 heteroatoms. The van der Waals surface area contributed by atoms with Gasteiger partial charge in [-0.05, 0) is 6.08 Å². The van der Waals surface area contributed by atoms with Crippen molar-refractivity contribution in [1.29, 1.82) is 0 Å². The molecule has 1 aliphatic carbocycles. The van der Waals surface area contributed by atoms with Crippen LogP contribution in [0.5, 0.6) is 0 Å². The molecule has 0 heterocycles. The van der Waals surface area contributed by atoms with Crippen LogP contribution in [0.25, 0.3) is 0 Å². The molecule has 0 spiro atoms. The topological polar surface area (TPSA) is 86.3 Å². The van der Waals surface area contributed by atoms with E-state index >= 15 is 0 Å². The molecule has 0 aromatic heterocycles. The van der Waals surface area contributed by atoms with Gasteiger partial charge in [0.1, 0.15) is 15.7 Å². The first-order valence-corrected chi connectivity index (χ1v) is 3.41. The first-order chi connectivity index (χ1) is 6.41. The highest BCUT2D eigenvalue weighted by Crippen LogP contribution is 2.28. The van der Waals surface area contributed by atoms with Gasteiger partial charge in [0, 0.05) is 6.08 Å². The van der Waals surface area contributed by atoms with E-state index in [9.17, 15) is 29.0 Å². The van der Waals surface area contributed by atoms with Crippen LogP contribution in [0.1, 0.15) is 0 Å². The smallest absolute Gasteiger partial charge is 0.258 e. The van der Waals surface area contributed by atoms with Crippen LogP contribution in [0.15, 0.2) is 24.1 Å². The predicted octanol–water partition coefficient (Wildman–Crippen LogP) is 0.997. The van der Waals surface area contributed by atoms with Crippen molar-refractivity contribution >= 4 is 0 Å². The molecule has 0 aliphatic heterocycles. The molecule has 6 nitrogen and oxygen atoms in total. The molecule has 0 saturated carbocycles. The van der Waals surface area contributed by atoms with E-state index in [1.54, 1.807) is 0 Å². The van der Waals surface area contributed by atoms with Crippen LogP contribution in [0.2, 0.25) is 0 Å². The number of halogens is 2. The zero-order valence-corrected chi connectivity index (χ0v) is 6.59. The third kappa shape index (κ3) is 1.24. The van der Waals surface area contributed by atoms with Crippen LogP contribution in [-0.2, 0) is 0 Å².